The molecule has 1 saturated heterocycles. The molecule has 0 unspecified atom stereocenters. The van der Waals surface area contributed by atoms with Crippen molar-refractivity contribution < 1.29 is 27.2 Å². The number of carbonyl (C=O) groups excluding carboxylic acids is 2. The van der Waals surface area contributed by atoms with Crippen LogP contribution in [0.1, 0.15) is 12.8 Å². The van der Waals surface area contributed by atoms with E-state index in [0.717, 1.165) is 0 Å². The lowest BCUT2D eigenvalue weighted by atomic mass is 9.95. The van der Waals surface area contributed by atoms with E-state index < -0.39 is 29.7 Å². The Bertz CT molecular complexity index is 566. The van der Waals surface area contributed by atoms with Gasteiger partial charge in [-0.05, 0) is 25.0 Å². The van der Waals surface area contributed by atoms with Gasteiger partial charge in [-0.25, -0.2) is 4.39 Å². The SMILES string of the molecule is O=C(Nc1ccccc1F)C1CCN(C(=O)C(F)(F)F)CC1. The van der Waals surface area contributed by atoms with Gasteiger partial charge >= 0.3 is 12.1 Å². The predicted molar refractivity (Wildman–Crippen MR) is 70.4 cm³/mol. The highest BCUT2D eigenvalue weighted by atomic mass is 19.4. The van der Waals surface area contributed by atoms with Gasteiger partial charge in [-0.1, -0.05) is 12.1 Å². The maximum Gasteiger partial charge on any atom is 0.471 e. The van der Waals surface area contributed by atoms with E-state index in [-0.39, 0.29) is 31.6 Å². The third-order valence-corrected chi connectivity index (χ3v) is 3.53. The molecule has 0 radical (unpaired) electrons. The van der Waals surface area contributed by atoms with E-state index >= 15 is 0 Å². The number of hydrogen-bond donors (Lipinski definition) is 1. The van der Waals surface area contributed by atoms with Crippen LogP contribution in [0.15, 0.2) is 24.3 Å². The van der Waals surface area contributed by atoms with Crippen LogP contribution in [0.3, 0.4) is 0 Å². The third-order valence-electron chi connectivity index (χ3n) is 3.53. The normalized spacial score (nSPS) is 16.5. The average molecular weight is 318 g/mol. The Labute approximate surface area is 124 Å². The van der Waals surface area contributed by atoms with Crippen molar-refractivity contribution in [1.29, 1.82) is 0 Å². The monoisotopic (exact) mass is 318 g/mol. The van der Waals surface area contributed by atoms with E-state index in [2.05, 4.69) is 5.32 Å². The zero-order chi connectivity index (χ0) is 16.3. The fourth-order valence-electron chi connectivity index (χ4n) is 2.32. The number of nitrogens with one attached hydrogen (secondary N) is 1. The smallest absolute Gasteiger partial charge is 0.335 e. The molecular formula is C14H14F4N2O2. The number of benzene rings is 1. The summed E-state index contributed by atoms with van der Waals surface area (Å²) in [7, 11) is 0. The summed E-state index contributed by atoms with van der Waals surface area (Å²) < 4.78 is 50.4. The minimum absolute atomic E-state index is 0.0290. The van der Waals surface area contributed by atoms with Crippen LogP contribution >= 0.6 is 0 Å². The lowest BCUT2D eigenvalue weighted by Crippen LogP contribution is -2.46. The van der Waals surface area contributed by atoms with E-state index in [9.17, 15) is 27.2 Å². The fourth-order valence-corrected chi connectivity index (χ4v) is 2.32. The van der Waals surface area contributed by atoms with Gasteiger partial charge in [0.25, 0.3) is 0 Å². The Balaban J connectivity index is 1.90. The first-order chi connectivity index (χ1) is 10.3. The summed E-state index contributed by atoms with van der Waals surface area (Å²) in [6, 6.07) is 5.63. The first kappa shape index (κ1) is 16.3. The van der Waals surface area contributed by atoms with Crippen LogP contribution < -0.4 is 5.32 Å². The van der Waals surface area contributed by atoms with Crippen molar-refractivity contribution >= 4 is 17.5 Å². The molecule has 2 rings (SSSR count). The molecule has 0 aliphatic carbocycles. The lowest BCUT2D eigenvalue weighted by Gasteiger charge is -2.31. The molecule has 2 amide bonds. The van der Waals surface area contributed by atoms with E-state index in [1.54, 1.807) is 6.07 Å². The number of anilines is 1. The standard InChI is InChI=1S/C14H14F4N2O2/c15-10-3-1-2-4-11(10)19-12(21)9-5-7-20(8-6-9)13(22)14(16,17)18/h1-4,9H,5-8H2,(H,19,21). The highest BCUT2D eigenvalue weighted by Gasteiger charge is 2.43. The zero-order valence-corrected chi connectivity index (χ0v) is 11.5. The Morgan fingerprint density at radius 2 is 1.73 bits per heavy atom. The van der Waals surface area contributed by atoms with Crippen molar-refractivity contribution in [3.8, 4) is 0 Å². The molecule has 0 aromatic heterocycles. The van der Waals surface area contributed by atoms with Crippen LogP contribution in [0.5, 0.6) is 0 Å². The summed E-state index contributed by atoms with van der Waals surface area (Å²) in [5, 5.41) is 2.41. The average Bonchev–Trinajstić information content (AvgIpc) is 2.48. The molecule has 1 fully saturated rings. The molecule has 1 aromatic carbocycles. The Kier molecular flexibility index (Phi) is 4.68. The molecule has 0 bridgehead atoms. The zero-order valence-electron chi connectivity index (χ0n) is 11.5. The Morgan fingerprint density at radius 3 is 2.27 bits per heavy atom. The van der Waals surface area contributed by atoms with Crippen LogP contribution in [0.4, 0.5) is 23.2 Å². The molecule has 8 heteroatoms. The quantitative estimate of drug-likeness (QED) is 0.852. The number of likely N-dealkylation sites (tertiary alicyclic amines) is 1. The number of nitrogens with zero attached hydrogens (tertiary/aromatic N) is 1. The van der Waals surface area contributed by atoms with Gasteiger partial charge in [-0.3, -0.25) is 9.59 Å². The van der Waals surface area contributed by atoms with Crippen LogP contribution in [-0.2, 0) is 9.59 Å². The summed E-state index contributed by atoms with van der Waals surface area (Å²) in [6.07, 6.45) is -4.67. The summed E-state index contributed by atoms with van der Waals surface area (Å²) in [6.45, 7) is -0.290. The summed E-state index contributed by atoms with van der Waals surface area (Å²) in [4.78, 5) is 23.8. The van der Waals surface area contributed by atoms with Gasteiger partial charge < -0.3 is 10.2 Å². The highest BCUT2D eigenvalue weighted by molar-refractivity contribution is 5.93. The third kappa shape index (κ3) is 3.75. The van der Waals surface area contributed by atoms with Crippen molar-refractivity contribution in [1.82, 2.24) is 4.90 Å². The molecule has 120 valence electrons. The van der Waals surface area contributed by atoms with E-state index in [4.69, 9.17) is 0 Å². The van der Waals surface area contributed by atoms with Crippen LogP contribution in [0.25, 0.3) is 0 Å². The molecule has 1 N–H and O–H groups in total. The van der Waals surface area contributed by atoms with Crippen molar-refractivity contribution in [2.45, 2.75) is 19.0 Å². The van der Waals surface area contributed by atoms with Crippen molar-refractivity contribution in [2.75, 3.05) is 18.4 Å². The van der Waals surface area contributed by atoms with Gasteiger partial charge in [0.15, 0.2) is 0 Å². The van der Waals surface area contributed by atoms with Crippen molar-refractivity contribution in [3.05, 3.63) is 30.1 Å². The first-order valence-corrected chi connectivity index (χ1v) is 6.70. The number of rotatable bonds is 2. The molecule has 0 atom stereocenters. The van der Waals surface area contributed by atoms with Gasteiger partial charge in [0.1, 0.15) is 5.82 Å². The summed E-state index contributed by atoms with van der Waals surface area (Å²) >= 11 is 0. The van der Waals surface area contributed by atoms with Gasteiger partial charge in [-0.15, -0.1) is 0 Å². The van der Waals surface area contributed by atoms with Gasteiger partial charge in [-0.2, -0.15) is 13.2 Å². The van der Waals surface area contributed by atoms with E-state index in [0.29, 0.717) is 4.90 Å². The lowest BCUT2D eigenvalue weighted by molar-refractivity contribution is -0.186. The highest BCUT2D eigenvalue weighted by Crippen LogP contribution is 2.25. The molecule has 0 spiro atoms. The maximum atomic E-state index is 13.4. The Hall–Kier alpha value is -2.12. The Morgan fingerprint density at radius 1 is 1.14 bits per heavy atom. The number of alkyl halides is 3. The van der Waals surface area contributed by atoms with E-state index in [1.807, 2.05) is 0 Å². The van der Waals surface area contributed by atoms with Crippen molar-refractivity contribution in [3.63, 3.8) is 0 Å². The molecule has 1 aliphatic heterocycles. The molecule has 4 nitrogen and oxygen atoms in total. The molecule has 1 heterocycles. The number of carbonyl (C=O) groups is 2. The summed E-state index contributed by atoms with van der Waals surface area (Å²) in [5.74, 6) is -3.47. The number of para-hydroxylation sites is 1. The van der Waals surface area contributed by atoms with E-state index in [1.165, 1.54) is 18.2 Å². The maximum absolute atomic E-state index is 13.4. The van der Waals surface area contributed by atoms with Gasteiger partial charge in [0.05, 0.1) is 5.69 Å². The number of hydrogen-bond acceptors (Lipinski definition) is 2. The minimum atomic E-state index is -4.90. The molecule has 22 heavy (non-hydrogen) atoms. The fraction of sp³-hybridized carbons (Fsp3) is 0.429. The second kappa shape index (κ2) is 6.33. The molecule has 1 aliphatic rings. The van der Waals surface area contributed by atoms with Crippen LogP contribution in [0.2, 0.25) is 0 Å². The summed E-state index contributed by atoms with van der Waals surface area (Å²) in [5.41, 5.74) is 0.0290. The largest absolute Gasteiger partial charge is 0.471 e. The van der Waals surface area contributed by atoms with Gasteiger partial charge in [0, 0.05) is 19.0 Å². The number of piperidine rings is 1. The minimum Gasteiger partial charge on any atom is -0.335 e. The number of amides is 2. The second-order valence-electron chi connectivity index (χ2n) is 5.03. The molecular weight excluding hydrogens is 304 g/mol. The van der Waals surface area contributed by atoms with Crippen molar-refractivity contribution in [2.24, 2.45) is 5.92 Å². The topological polar surface area (TPSA) is 49.4 Å². The second-order valence-corrected chi connectivity index (χ2v) is 5.03. The predicted octanol–water partition coefficient (Wildman–Crippen LogP) is 2.57. The first-order valence-electron chi connectivity index (χ1n) is 6.70. The molecule has 0 saturated carbocycles. The number of halogens is 4. The van der Waals surface area contributed by atoms with Crippen LogP contribution in [0, 0.1) is 11.7 Å². The molecule has 1 aromatic rings. The van der Waals surface area contributed by atoms with Gasteiger partial charge in [0.2, 0.25) is 5.91 Å². The van der Waals surface area contributed by atoms with Crippen LogP contribution in [-0.4, -0.2) is 36.0 Å².